The molecule has 1 saturated heterocycles. The van der Waals surface area contributed by atoms with E-state index >= 15 is 0 Å². The van der Waals surface area contributed by atoms with Crippen LogP contribution in [0, 0.1) is 0 Å². The maximum Gasteiger partial charge on any atom is 0.329 e. The molecule has 0 radical (unpaired) electrons. The molecule has 3 rings (SSSR count). The van der Waals surface area contributed by atoms with Crippen LogP contribution < -0.4 is 0 Å². The monoisotopic (exact) mass is 317 g/mol. The van der Waals surface area contributed by atoms with E-state index in [-0.39, 0.29) is 19.3 Å². The van der Waals surface area contributed by atoms with E-state index in [1.165, 1.54) is 0 Å². The lowest BCUT2D eigenvalue weighted by Gasteiger charge is -2.44. The van der Waals surface area contributed by atoms with Crippen LogP contribution in [0.2, 0.25) is 0 Å². The molecule has 1 aromatic rings. The van der Waals surface area contributed by atoms with Gasteiger partial charge in [0.2, 0.25) is 5.41 Å². The summed E-state index contributed by atoms with van der Waals surface area (Å²) in [5, 5.41) is 0. The van der Waals surface area contributed by atoms with Crippen molar-refractivity contribution in [1.82, 2.24) is 4.90 Å². The highest BCUT2D eigenvalue weighted by molar-refractivity contribution is 6.08. The lowest BCUT2D eigenvalue weighted by molar-refractivity contribution is -0.169. The van der Waals surface area contributed by atoms with Gasteiger partial charge in [0.05, 0.1) is 13.2 Å². The predicted octanol–water partition coefficient (Wildman–Crippen LogP) is 2.03. The van der Waals surface area contributed by atoms with E-state index in [9.17, 15) is 9.59 Å². The van der Waals surface area contributed by atoms with Crippen LogP contribution in [0.25, 0.3) is 0 Å². The van der Waals surface area contributed by atoms with Gasteiger partial charge in [0, 0.05) is 12.6 Å². The van der Waals surface area contributed by atoms with Crippen LogP contribution in [-0.2, 0) is 31.0 Å². The van der Waals surface area contributed by atoms with Crippen LogP contribution in [0.1, 0.15) is 37.8 Å². The Morgan fingerprint density at radius 3 is 2.48 bits per heavy atom. The van der Waals surface area contributed by atoms with Gasteiger partial charge < -0.3 is 9.47 Å². The lowest BCUT2D eigenvalue weighted by Crippen LogP contribution is -2.61. The van der Waals surface area contributed by atoms with Crippen molar-refractivity contribution >= 4 is 11.9 Å². The number of rotatable bonds is 4. The molecule has 2 aliphatic heterocycles. The number of ether oxygens (including phenoxy) is 2. The Kier molecular flexibility index (Phi) is 4.39. The minimum Gasteiger partial charge on any atom is -0.465 e. The van der Waals surface area contributed by atoms with Crippen LogP contribution in [0.3, 0.4) is 0 Å². The van der Waals surface area contributed by atoms with Crippen molar-refractivity contribution in [2.75, 3.05) is 19.8 Å². The summed E-state index contributed by atoms with van der Waals surface area (Å²) in [4.78, 5) is 28.2. The Labute approximate surface area is 136 Å². The number of esters is 2. The SMILES string of the molecule is CCOC(=O)C1(C(=O)OCC)c2ccccc2CN2CCCC21. The van der Waals surface area contributed by atoms with Gasteiger partial charge in [-0.1, -0.05) is 24.3 Å². The number of hydrogen-bond donors (Lipinski definition) is 0. The fourth-order valence-corrected chi connectivity index (χ4v) is 4.01. The van der Waals surface area contributed by atoms with Gasteiger partial charge >= 0.3 is 11.9 Å². The second-order valence-corrected chi connectivity index (χ2v) is 6.03. The molecule has 23 heavy (non-hydrogen) atoms. The van der Waals surface area contributed by atoms with Gasteiger partial charge in [0.15, 0.2) is 0 Å². The number of nitrogens with zero attached hydrogens (tertiary/aromatic N) is 1. The van der Waals surface area contributed by atoms with Crippen LogP contribution in [0.5, 0.6) is 0 Å². The average molecular weight is 317 g/mol. The third kappa shape index (κ3) is 2.34. The summed E-state index contributed by atoms with van der Waals surface area (Å²) < 4.78 is 10.7. The molecule has 1 aromatic carbocycles. The zero-order valence-corrected chi connectivity index (χ0v) is 13.7. The van der Waals surface area contributed by atoms with Crippen molar-refractivity contribution in [3.8, 4) is 0 Å². The highest BCUT2D eigenvalue weighted by atomic mass is 16.6. The molecule has 0 N–H and O–H groups in total. The second-order valence-electron chi connectivity index (χ2n) is 6.03. The standard InChI is InChI=1S/C18H23NO4/c1-3-22-16(20)18(17(21)23-4-2)14-9-6-5-8-13(14)12-19-11-7-10-15(18)19/h5-6,8-9,15H,3-4,7,10-12H2,1-2H3. The molecule has 0 saturated carbocycles. The molecular weight excluding hydrogens is 294 g/mol. The quantitative estimate of drug-likeness (QED) is 0.628. The molecule has 2 heterocycles. The molecule has 0 amide bonds. The molecule has 0 aliphatic carbocycles. The van der Waals surface area contributed by atoms with Crippen molar-refractivity contribution in [3.63, 3.8) is 0 Å². The maximum absolute atomic E-state index is 13.0. The minimum absolute atomic E-state index is 0.185. The number of fused-ring (bicyclic) bond motifs is 2. The number of benzene rings is 1. The minimum atomic E-state index is -1.36. The number of hydrogen-bond acceptors (Lipinski definition) is 5. The van der Waals surface area contributed by atoms with Crippen molar-refractivity contribution in [2.45, 2.75) is 44.7 Å². The first-order valence-corrected chi connectivity index (χ1v) is 8.33. The fraction of sp³-hybridized carbons (Fsp3) is 0.556. The Bertz CT molecular complexity index is 595. The van der Waals surface area contributed by atoms with E-state index in [1.54, 1.807) is 13.8 Å². The molecule has 1 unspecified atom stereocenters. The maximum atomic E-state index is 13.0. The summed E-state index contributed by atoms with van der Waals surface area (Å²) in [6, 6.07) is 7.48. The van der Waals surface area contributed by atoms with Gasteiger partial charge in [0.1, 0.15) is 0 Å². The molecule has 5 nitrogen and oxygen atoms in total. The Morgan fingerprint density at radius 2 is 1.83 bits per heavy atom. The summed E-state index contributed by atoms with van der Waals surface area (Å²) in [6.45, 7) is 5.67. The molecule has 0 bridgehead atoms. The van der Waals surface area contributed by atoms with Crippen molar-refractivity contribution in [1.29, 1.82) is 0 Å². The zero-order valence-electron chi connectivity index (χ0n) is 13.7. The predicted molar refractivity (Wildman–Crippen MR) is 84.8 cm³/mol. The topological polar surface area (TPSA) is 55.8 Å². The van der Waals surface area contributed by atoms with E-state index in [1.807, 2.05) is 24.3 Å². The summed E-state index contributed by atoms with van der Waals surface area (Å²) in [7, 11) is 0. The van der Waals surface area contributed by atoms with Crippen molar-refractivity contribution in [3.05, 3.63) is 35.4 Å². The van der Waals surface area contributed by atoms with E-state index in [0.717, 1.165) is 37.1 Å². The first kappa shape index (κ1) is 16.0. The second kappa shape index (κ2) is 6.32. The van der Waals surface area contributed by atoms with E-state index in [2.05, 4.69) is 4.90 Å². The van der Waals surface area contributed by atoms with Crippen molar-refractivity contribution < 1.29 is 19.1 Å². The van der Waals surface area contributed by atoms with Gasteiger partial charge in [-0.3, -0.25) is 14.5 Å². The van der Waals surface area contributed by atoms with Gasteiger partial charge in [-0.15, -0.1) is 0 Å². The molecule has 2 aliphatic rings. The Morgan fingerprint density at radius 1 is 1.17 bits per heavy atom. The Balaban J connectivity index is 2.21. The molecule has 5 heteroatoms. The number of carbonyl (C=O) groups excluding carboxylic acids is 2. The van der Waals surface area contributed by atoms with Crippen LogP contribution >= 0.6 is 0 Å². The fourth-order valence-electron chi connectivity index (χ4n) is 4.01. The van der Waals surface area contributed by atoms with Gasteiger partial charge in [-0.05, 0) is 44.4 Å². The molecular formula is C18H23NO4. The van der Waals surface area contributed by atoms with Crippen molar-refractivity contribution in [2.24, 2.45) is 0 Å². The van der Waals surface area contributed by atoms with Crippen LogP contribution in [-0.4, -0.2) is 42.6 Å². The first-order valence-electron chi connectivity index (χ1n) is 8.33. The molecule has 0 spiro atoms. The van der Waals surface area contributed by atoms with Crippen LogP contribution in [0.4, 0.5) is 0 Å². The normalized spacial score (nSPS) is 22.1. The van der Waals surface area contributed by atoms with E-state index in [4.69, 9.17) is 9.47 Å². The highest BCUT2D eigenvalue weighted by Gasteiger charge is 2.61. The lowest BCUT2D eigenvalue weighted by atomic mass is 9.69. The summed E-state index contributed by atoms with van der Waals surface area (Å²) in [5.74, 6) is -0.968. The smallest absolute Gasteiger partial charge is 0.329 e. The first-order chi connectivity index (χ1) is 11.2. The van der Waals surface area contributed by atoms with Gasteiger partial charge in [-0.25, -0.2) is 0 Å². The van der Waals surface area contributed by atoms with Gasteiger partial charge in [-0.2, -0.15) is 0 Å². The van der Waals surface area contributed by atoms with Gasteiger partial charge in [0.25, 0.3) is 0 Å². The summed E-state index contributed by atoms with van der Waals surface area (Å²) in [6.07, 6.45) is 1.77. The third-order valence-corrected chi connectivity index (χ3v) is 4.87. The number of carbonyl (C=O) groups is 2. The molecule has 0 aromatic heterocycles. The Hall–Kier alpha value is -1.88. The summed E-state index contributed by atoms with van der Waals surface area (Å²) in [5.41, 5.74) is 0.393. The highest BCUT2D eigenvalue weighted by Crippen LogP contribution is 2.45. The van der Waals surface area contributed by atoms with Crippen LogP contribution in [0.15, 0.2) is 24.3 Å². The average Bonchev–Trinajstić information content (AvgIpc) is 3.01. The molecule has 1 fully saturated rings. The van der Waals surface area contributed by atoms with E-state index in [0.29, 0.717) is 0 Å². The molecule has 1 atom stereocenters. The molecule has 124 valence electrons. The zero-order chi connectivity index (χ0) is 16.4. The largest absolute Gasteiger partial charge is 0.465 e. The third-order valence-electron chi connectivity index (χ3n) is 4.87. The van der Waals surface area contributed by atoms with E-state index < -0.39 is 17.4 Å². The summed E-state index contributed by atoms with van der Waals surface area (Å²) >= 11 is 0.